The molecule has 3 aliphatic rings. The molecular weight excluding hydrogens is 590 g/mol. The summed E-state index contributed by atoms with van der Waals surface area (Å²) in [5, 5.41) is 23.0. The van der Waals surface area contributed by atoms with Gasteiger partial charge in [0.1, 0.15) is 18.1 Å². The van der Waals surface area contributed by atoms with Crippen LogP contribution in [0.25, 0.3) is 0 Å². The van der Waals surface area contributed by atoms with Crippen LogP contribution in [0.2, 0.25) is 0 Å². The fourth-order valence-electron chi connectivity index (χ4n) is 8.07. The quantitative estimate of drug-likeness (QED) is 0.297. The van der Waals surface area contributed by atoms with Gasteiger partial charge in [0.05, 0.1) is 30.0 Å². The normalized spacial score (nSPS) is 38.9. The van der Waals surface area contributed by atoms with Crippen LogP contribution in [-0.4, -0.2) is 146 Å². The molecule has 2 N–H and O–H groups in total. The first kappa shape index (κ1) is 39.3. The molecule has 3 aliphatic heterocycles. The minimum atomic E-state index is -1.49. The van der Waals surface area contributed by atoms with E-state index < -0.39 is 53.5 Å². The first-order chi connectivity index (χ1) is 21.5. The molecule has 0 bridgehead atoms. The van der Waals surface area contributed by atoms with E-state index in [0.29, 0.717) is 19.4 Å². The number of ketones is 1. The lowest BCUT2D eigenvalue weighted by molar-refractivity contribution is -0.295. The Hall–Kier alpha value is -1.18. The Bertz CT molecular complexity index is 989. The topological polar surface area (TPSA) is 121 Å². The van der Waals surface area contributed by atoms with E-state index in [1.165, 1.54) is 0 Å². The second-order valence-corrected chi connectivity index (χ2v) is 15.5. The zero-order valence-electron chi connectivity index (χ0n) is 30.5. The number of hydrogen-bond acceptors (Lipinski definition) is 11. The maximum absolute atomic E-state index is 14.2. The molecule has 0 radical (unpaired) electrons. The van der Waals surface area contributed by atoms with Gasteiger partial charge in [-0.1, -0.05) is 20.8 Å². The lowest BCUT2D eigenvalue weighted by Gasteiger charge is -2.47. The SMILES string of the molecule is CCCN1CCC([C@@H](O)[C@H]2COC(=O)C(C)(C)C(=O)[C@H](C)[C@@H](OC3OC(C)CC(N(C)C)C3O)[C@](C)(OC)C[C@@H](C)CN2C)CC1. The van der Waals surface area contributed by atoms with Gasteiger partial charge in [-0.15, -0.1) is 0 Å². The summed E-state index contributed by atoms with van der Waals surface area (Å²) in [5.74, 6) is -1.61. The highest BCUT2D eigenvalue weighted by molar-refractivity contribution is 6.04. The van der Waals surface area contributed by atoms with Crippen molar-refractivity contribution in [3.8, 4) is 0 Å². The van der Waals surface area contributed by atoms with Crippen LogP contribution in [-0.2, 0) is 28.5 Å². The Morgan fingerprint density at radius 3 is 2.30 bits per heavy atom. The molecule has 3 saturated heterocycles. The molecule has 3 rings (SSSR count). The number of ether oxygens (including phenoxy) is 4. The van der Waals surface area contributed by atoms with Crippen molar-refractivity contribution < 1.29 is 38.7 Å². The third-order valence-electron chi connectivity index (χ3n) is 11.0. The van der Waals surface area contributed by atoms with Crippen LogP contribution >= 0.6 is 0 Å². The number of methoxy groups -OCH3 is 1. The summed E-state index contributed by atoms with van der Waals surface area (Å²) in [6, 6.07) is -0.612. The molecule has 0 aromatic carbocycles. The predicted molar refractivity (Wildman–Crippen MR) is 177 cm³/mol. The molecule has 11 heteroatoms. The number of nitrogens with zero attached hydrogens (tertiary/aromatic N) is 3. The predicted octanol–water partition coefficient (Wildman–Crippen LogP) is 2.80. The highest BCUT2D eigenvalue weighted by atomic mass is 16.7. The molecule has 0 aromatic heterocycles. The van der Waals surface area contributed by atoms with E-state index in [4.69, 9.17) is 18.9 Å². The third-order valence-corrected chi connectivity index (χ3v) is 11.0. The van der Waals surface area contributed by atoms with Gasteiger partial charge in [0.25, 0.3) is 0 Å². The summed E-state index contributed by atoms with van der Waals surface area (Å²) < 4.78 is 24.9. The molecule has 4 unspecified atom stereocenters. The van der Waals surface area contributed by atoms with Gasteiger partial charge < -0.3 is 39.0 Å². The van der Waals surface area contributed by atoms with E-state index in [1.54, 1.807) is 27.9 Å². The van der Waals surface area contributed by atoms with Gasteiger partial charge in [0.2, 0.25) is 0 Å². The van der Waals surface area contributed by atoms with Gasteiger partial charge in [0, 0.05) is 25.6 Å². The molecule has 0 spiro atoms. The fourth-order valence-corrected chi connectivity index (χ4v) is 8.07. The molecule has 3 fully saturated rings. The number of aliphatic hydroxyl groups excluding tert-OH is 2. The number of carbonyl (C=O) groups is 2. The van der Waals surface area contributed by atoms with Crippen molar-refractivity contribution in [1.29, 1.82) is 0 Å². The van der Waals surface area contributed by atoms with Gasteiger partial charge in [0.15, 0.2) is 12.1 Å². The van der Waals surface area contributed by atoms with Crippen molar-refractivity contribution >= 4 is 11.8 Å². The van der Waals surface area contributed by atoms with E-state index in [2.05, 4.69) is 23.6 Å². The Balaban J connectivity index is 1.94. The number of cyclic esters (lactones) is 1. The number of likely N-dealkylation sites (tertiary alicyclic amines) is 1. The molecule has 0 saturated carbocycles. The average Bonchev–Trinajstić information content (AvgIpc) is 3.00. The van der Waals surface area contributed by atoms with E-state index in [9.17, 15) is 19.8 Å². The second kappa shape index (κ2) is 16.5. The molecular formula is C35H65N3O8. The fraction of sp³-hybridized carbons (Fsp3) is 0.943. The number of rotatable bonds is 8. The van der Waals surface area contributed by atoms with E-state index in [0.717, 1.165) is 38.9 Å². The molecule has 46 heavy (non-hydrogen) atoms. The van der Waals surface area contributed by atoms with Crippen LogP contribution in [0.5, 0.6) is 0 Å². The Morgan fingerprint density at radius 1 is 1.11 bits per heavy atom. The zero-order valence-corrected chi connectivity index (χ0v) is 30.5. The lowest BCUT2D eigenvalue weighted by Crippen LogP contribution is -2.59. The summed E-state index contributed by atoms with van der Waals surface area (Å²) >= 11 is 0. The largest absolute Gasteiger partial charge is 0.463 e. The summed E-state index contributed by atoms with van der Waals surface area (Å²) in [6.45, 7) is 16.7. The molecule has 3 heterocycles. The molecule has 268 valence electrons. The van der Waals surface area contributed by atoms with Crippen molar-refractivity contribution in [2.75, 3.05) is 61.0 Å². The maximum atomic E-state index is 14.2. The summed E-state index contributed by atoms with van der Waals surface area (Å²) in [4.78, 5) is 34.4. The van der Waals surface area contributed by atoms with E-state index in [-0.39, 0.29) is 36.4 Å². The highest BCUT2D eigenvalue weighted by Gasteiger charge is 2.51. The van der Waals surface area contributed by atoms with Gasteiger partial charge in [-0.3, -0.25) is 14.5 Å². The number of hydrogen-bond donors (Lipinski definition) is 2. The van der Waals surface area contributed by atoms with Gasteiger partial charge in [-0.25, -0.2) is 0 Å². The zero-order chi connectivity index (χ0) is 34.6. The van der Waals surface area contributed by atoms with E-state index >= 15 is 0 Å². The summed E-state index contributed by atoms with van der Waals surface area (Å²) in [7, 11) is 7.41. The second-order valence-electron chi connectivity index (χ2n) is 15.5. The third kappa shape index (κ3) is 9.08. The van der Waals surface area contributed by atoms with Crippen LogP contribution in [0, 0.1) is 23.2 Å². The molecule has 0 amide bonds. The first-order valence-electron chi connectivity index (χ1n) is 17.5. The van der Waals surface area contributed by atoms with Gasteiger partial charge >= 0.3 is 5.97 Å². The Labute approximate surface area is 278 Å². The van der Waals surface area contributed by atoms with Crippen molar-refractivity contribution in [2.24, 2.45) is 23.2 Å². The molecule has 11 nitrogen and oxygen atoms in total. The maximum Gasteiger partial charge on any atom is 0.319 e. The van der Waals surface area contributed by atoms with E-state index in [1.807, 2.05) is 39.9 Å². The lowest BCUT2D eigenvalue weighted by atomic mass is 9.74. The summed E-state index contributed by atoms with van der Waals surface area (Å²) in [5.41, 5.74) is -2.46. The van der Waals surface area contributed by atoms with Crippen LogP contribution in [0.4, 0.5) is 0 Å². The number of likely N-dealkylation sites (N-methyl/N-ethyl adjacent to an activating group) is 2. The summed E-state index contributed by atoms with van der Waals surface area (Å²) in [6.07, 6.45) is 0.424. The van der Waals surface area contributed by atoms with Crippen molar-refractivity contribution in [3.05, 3.63) is 0 Å². The molecule has 0 aliphatic carbocycles. The van der Waals surface area contributed by atoms with Crippen molar-refractivity contribution in [2.45, 2.75) is 129 Å². The molecule has 10 atom stereocenters. The number of esters is 1. The Morgan fingerprint density at radius 2 is 1.74 bits per heavy atom. The standard InChI is InChI=1S/C35H65N3O8/c1-12-15-38-16-13-25(14-17-38)28(39)27-21-44-33(42)34(5,6)30(41)24(4)31(35(7,43-11)19-22(2)20-37(27)10)46-32-29(40)26(36(8)9)18-23(3)45-32/h22-29,31-32,39-40H,12-21H2,1-11H3/t22-,23?,24+,26?,27-,28-,29?,31-,32?,35-/m1/s1. The van der Waals surface area contributed by atoms with Crippen LogP contribution in [0.1, 0.15) is 80.6 Å². The monoisotopic (exact) mass is 655 g/mol. The number of piperidine rings is 1. The number of aliphatic hydroxyl groups is 2. The number of carbonyl (C=O) groups excluding carboxylic acids is 2. The van der Waals surface area contributed by atoms with Crippen LogP contribution < -0.4 is 0 Å². The van der Waals surface area contributed by atoms with Crippen molar-refractivity contribution in [3.63, 3.8) is 0 Å². The Kier molecular flexibility index (Phi) is 14.1. The minimum Gasteiger partial charge on any atom is -0.463 e. The number of Topliss-reactive ketones (excluding diaryl/α,β-unsaturated/α-hetero) is 1. The van der Waals surface area contributed by atoms with Crippen LogP contribution in [0.3, 0.4) is 0 Å². The van der Waals surface area contributed by atoms with Crippen molar-refractivity contribution in [1.82, 2.24) is 14.7 Å². The average molecular weight is 656 g/mol. The van der Waals surface area contributed by atoms with Gasteiger partial charge in [-0.2, -0.15) is 0 Å². The van der Waals surface area contributed by atoms with Crippen LogP contribution in [0.15, 0.2) is 0 Å². The minimum absolute atomic E-state index is 0.00310. The van der Waals surface area contributed by atoms with Gasteiger partial charge in [-0.05, 0) is 112 Å². The first-order valence-corrected chi connectivity index (χ1v) is 17.5. The molecule has 0 aromatic rings. The highest BCUT2D eigenvalue weighted by Crippen LogP contribution is 2.38. The smallest absolute Gasteiger partial charge is 0.319 e.